The van der Waals surface area contributed by atoms with Crippen LogP contribution in [0, 0.1) is 0 Å². The lowest BCUT2D eigenvalue weighted by Gasteiger charge is -2.29. The number of hydrogen-bond acceptors (Lipinski definition) is 3. The minimum atomic E-state index is 0.0664. The molecule has 4 nitrogen and oxygen atoms in total. The molecule has 0 fully saturated rings. The predicted molar refractivity (Wildman–Crippen MR) is 109 cm³/mol. The van der Waals surface area contributed by atoms with Gasteiger partial charge in [0.05, 0.1) is 12.2 Å². The number of anilines is 2. The van der Waals surface area contributed by atoms with Gasteiger partial charge < -0.3 is 15.0 Å². The Kier molecular flexibility index (Phi) is 5.06. The van der Waals surface area contributed by atoms with Crippen molar-refractivity contribution in [1.82, 2.24) is 0 Å². The van der Waals surface area contributed by atoms with E-state index in [2.05, 4.69) is 11.4 Å². The molecule has 0 unspecified atom stereocenters. The summed E-state index contributed by atoms with van der Waals surface area (Å²) in [5.74, 6) is 1.54. The van der Waals surface area contributed by atoms with Gasteiger partial charge in [0.2, 0.25) is 5.91 Å². The number of para-hydroxylation sites is 4. The van der Waals surface area contributed by atoms with Gasteiger partial charge in [-0.1, -0.05) is 48.5 Å². The van der Waals surface area contributed by atoms with Gasteiger partial charge in [0, 0.05) is 12.2 Å². The third-order valence-electron chi connectivity index (χ3n) is 4.70. The normalized spacial score (nSPS) is 13.0. The number of benzene rings is 3. The van der Waals surface area contributed by atoms with E-state index in [1.54, 1.807) is 0 Å². The lowest BCUT2D eigenvalue weighted by molar-refractivity contribution is -0.117. The number of amides is 1. The first kappa shape index (κ1) is 17.2. The number of aryl methyl sites for hydroxylation is 1. The number of nitrogens with zero attached hydrogens (tertiary/aromatic N) is 1. The van der Waals surface area contributed by atoms with Gasteiger partial charge in [0.1, 0.15) is 5.75 Å². The largest absolute Gasteiger partial charge is 0.455 e. The van der Waals surface area contributed by atoms with Crippen LogP contribution in [0.3, 0.4) is 0 Å². The second kappa shape index (κ2) is 7.96. The molecule has 1 amide bonds. The number of carbonyl (C=O) groups is 1. The van der Waals surface area contributed by atoms with Crippen LogP contribution >= 0.6 is 0 Å². The highest BCUT2D eigenvalue weighted by Gasteiger charge is 2.22. The van der Waals surface area contributed by atoms with Gasteiger partial charge in [0.25, 0.3) is 0 Å². The maximum absolute atomic E-state index is 12.8. The van der Waals surface area contributed by atoms with Crippen molar-refractivity contribution in [3.05, 3.63) is 84.4 Å². The highest BCUT2D eigenvalue weighted by Crippen LogP contribution is 2.30. The van der Waals surface area contributed by atoms with Crippen LogP contribution < -0.4 is 15.0 Å². The van der Waals surface area contributed by atoms with Crippen LogP contribution in [0.1, 0.15) is 12.0 Å². The molecule has 136 valence electrons. The Morgan fingerprint density at radius 2 is 1.67 bits per heavy atom. The average molecular weight is 358 g/mol. The van der Waals surface area contributed by atoms with E-state index in [0.29, 0.717) is 5.75 Å². The van der Waals surface area contributed by atoms with Gasteiger partial charge in [-0.2, -0.15) is 0 Å². The van der Waals surface area contributed by atoms with E-state index in [4.69, 9.17) is 4.74 Å². The van der Waals surface area contributed by atoms with Crippen molar-refractivity contribution >= 4 is 17.3 Å². The van der Waals surface area contributed by atoms with Crippen LogP contribution in [0.25, 0.3) is 0 Å². The van der Waals surface area contributed by atoms with Crippen LogP contribution in [-0.4, -0.2) is 19.0 Å². The molecule has 4 rings (SSSR count). The van der Waals surface area contributed by atoms with Crippen molar-refractivity contribution in [3.63, 3.8) is 0 Å². The zero-order valence-electron chi connectivity index (χ0n) is 15.1. The molecule has 0 saturated heterocycles. The van der Waals surface area contributed by atoms with Crippen molar-refractivity contribution < 1.29 is 9.53 Å². The van der Waals surface area contributed by atoms with Gasteiger partial charge in [-0.3, -0.25) is 4.79 Å². The van der Waals surface area contributed by atoms with Crippen molar-refractivity contribution in [2.24, 2.45) is 0 Å². The molecule has 1 aliphatic rings. The first-order chi connectivity index (χ1) is 13.3. The minimum absolute atomic E-state index is 0.0664. The maximum Gasteiger partial charge on any atom is 0.246 e. The quantitative estimate of drug-likeness (QED) is 0.707. The van der Waals surface area contributed by atoms with Crippen molar-refractivity contribution in [3.8, 4) is 11.5 Å². The Bertz CT molecular complexity index is 924. The van der Waals surface area contributed by atoms with E-state index in [-0.39, 0.29) is 12.5 Å². The molecule has 0 atom stereocenters. The van der Waals surface area contributed by atoms with Crippen LogP contribution in [0.5, 0.6) is 11.5 Å². The summed E-state index contributed by atoms with van der Waals surface area (Å²) < 4.78 is 5.96. The third-order valence-corrected chi connectivity index (χ3v) is 4.70. The van der Waals surface area contributed by atoms with Crippen LogP contribution in [0.2, 0.25) is 0 Å². The van der Waals surface area contributed by atoms with Crippen LogP contribution in [0.15, 0.2) is 78.9 Å². The molecule has 3 aromatic carbocycles. The highest BCUT2D eigenvalue weighted by molar-refractivity contribution is 5.97. The zero-order chi connectivity index (χ0) is 18.5. The fourth-order valence-electron chi connectivity index (χ4n) is 3.38. The Morgan fingerprint density at radius 1 is 0.926 bits per heavy atom. The molecule has 0 aromatic heterocycles. The summed E-state index contributed by atoms with van der Waals surface area (Å²) in [6, 6.07) is 25.5. The van der Waals surface area contributed by atoms with E-state index < -0.39 is 0 Å². The van der Waals surface area contributed by atoms with Gasteiger partial charge in [-0.25, -0.2) is 0 Å². The third kappa shape index (κ3) is 3.95. The number of fused-ring (bicyclic) bond motifs is 1. The molecule has 4 heteroatoms. The summed E-state index contributed by atoms with van der Waals surface area (Å²) >= 11 is 0. The molecule has 0 aliphatic carbocycles. The monoisotopic (exact) mass is 358 g/mol. The van der Waals surface area contributed by atoms with Crippen molar-refractivity contribution in [2.75, 3.05) is 23.3 Å². The number of carbonyl (C=O) groups excluding carboxylic acids is 1. The molecule has 3 aromatic rings. The van der Waals surface area contributed by atoms with E-state index >= 15 is 0 Å². The molecule has 27 heavy (non-hydrogen) atoms. The molecule has 1 heterocycles. The Morgan fingerprint density at radius 3 is 2.56 bits per heavy atom. The molecule has 1 aliphatic heterocycles. The van der Waals surface area contributed by atoms with Gasteiger partial charge in [0.15, 0.2) is 5.75 Å². The molecule has 0 saturated carbocycles. The summed E-state index contributed by atoms with van der Waals surface area (Å²) in [4.78, 5) is 14.7. The summed E-state index contributed by atoms with van der Waals surface area (Å²) in [5, 5.41) is 3.25. The lowest BCUT2D eigenvalue weighted by atomic mass is 10.0. The van der Waals surface area contributed by atoms with E-state index in [1.165, 1.54) is 5.56 Å². The van der Waals surface area contributed by atoms with E-state index in [1.807, 2.05) is 77.7 Å². The summed E-state index contributed by atoms with van der Waals surface area (Å²) in [7, 11) is 0. The van der Waals surface area contributed by atoms with E-state index in [9.17, 15) is 4.79 Å². The molecule has 0 bridgehead atoms. The summed E-state index contributed by atoms with van der Waals surface area (Å²) in [6.45, 7) is 0.989. The Hall–Kier alpha value is -3.27. The lowest BCUT2D eigenvalue weighted by Crippen LogP contribution is -2.39. The number of hydrogen-bond donors (Lipinski definition) is 1. The summed E-state index contributed by atoms with van der Waals surface area (Å²) in [5.41, 5.74) is 3.08. The van der Waals surface area contributed by atoms with Gasteiger partial charge >= 0.3 is 0 Å². The molecular formula is C23H22N2O2. The number of rotatable bonds is 5. The molecular weight excluding hydrogens is 336 g/mol. The molecule has 0 radical (unpaired) electrons. The fraction of sp³-hybridized carbons (Fsp3) is 0.174. The first-order valence-corrected chi connectivity index (χ1v) is 9.25. The highest BCUT2D eigenvalue weighted by atomic mass is 16.5. The second-order valence-corrected chi connectivity index (χ2v) is 6.54. The summed E-state index contributed by atoms with van der Waals surface area (Å²) in [6.07, 6.45) is 2.03. The number of nitrogens with one attached hydrogen (secondary N) is 1. The van der Waals surface area contributed by atoms with Crippen molar-refractivity contribution in [2.45, 2.75) is 12.8 Å². The zero-order valence-corrected chi connectivity index (χ0v) is 15.1. The predicted octanol–water partition coefficient (Wildman–Crippen LogP) is 4.87. The van der Waals surface area contributed by atoms with E-state index in [0.717, 1.165) is 36.5 Å². The fourth-order valence-corrected chi connectivity index (χ4v) is 3.38. The Balaban J connectivity index is 1.46. The maximum atomic E-state index is 12.8. The molecule has 0 spiro atoms. The minimum Gasteiger partial charge on any atom is -0.455 e. The SMILES string of the molecule is O=C(CNc1ccccc1Oc1ccccc1)N1CCCc2ccccc21. The van der Waals surface area contributed by atoms with Crippen molar-refractivity contribution in [1.29, 1.82) is 0 Å². The van der Waals surface area contributed by atoms with Gasteiger partial charge in [-0.15, -0.1) is 0 Å². The standard InChI is InChI=1S/C23H22N2O2/c26-23(25-16-8-10-18-9-4-6-14-21(18)25)17-24-20-13-5-7-15-22(20)27-19-11-2-1-3-12-19/h1-7,9,11-15,24H,8,10,16-17H2. The van der Waals surface area contributed by atoms with Crippen LogP contribution in [0.4, 0.5) is 11.4 Å². The number of ether oxygens (including phenoxy) is 1. The first-order valence-electron chi connectivity index (χ1n) is 9.25. The van der Waals surface area contributed by atoms with Crippen LogP contribution in [-0.2, 0) is 11.2 Å². The topological polar surface area (TPSA) is 41.6 Å². The Labute approximate surface area is 159 Å². The van der Waals surface area contributed by atoms with Gasteiger partial charge in [-0.05, 0) is 48.7 Å². The average Bonchev–Trinajstić information content (AvgIpc) is 2.73. The molecule has 1 N–H and O–H groups in total. The smallest absolute Gasteiger partial charge is 0.246 e. The second-order valence-electron chi connectivity index (χ2n) is 6.54.